The van der Waals surface area contributed by atoms with E-state index in [2.05, 4.69) is 0 Å². The molecule has 3 aromatic rings. The van der Waals surface area contributed by atoms with Gasteiger partial charge < -0.3 is 9.64 Å². The van der Waals surface area contributed by atoms with Crippen LogP contribution in [-0.2, 0) is 11.4 Å². The number of likely N-dealkylation sites (tertiary alicyclic amines) is 1. The van der Waals surface area contributed by atoms with E-state index in [0.717, 1.165) is 49.2 Å². The average molecular weight is 415 g/mol. The summed E-state index contributed by atoms with van der Waals surface area (Å²) in [5.74, 6) is 0.638. The Morgan fingerprint density at radius 3 is 2.29 bits per heavy atom. The first-order chi connectivity index (χ1) is 15.2. The standard InChI is InChI=1S/C26H26N2O3/c29-25-11-5-8-18-28(25)24(26(30)27-16-6-2-7-17-27)19-21-12-14-23(15-13-21)31-20-22-9-3-1-4-10-22/h1,3-5,8-15,18-19H,2,6-7,16-17,20H2/b24-19+. The second-order valence-electron chi connectivity index (χ2n) is 7.63. The van der Waals surface area contributed by atoms with Crippen LogP contribution < -0.4 is 10.3 Å². The van der Waals surface area contributed by atoms with E-state index in [0.29, 0.717) is 12.3 Å². The zero-order valence-corrected chi connectivity index (χ0v) is 17.4. The highest BCUT2D eigenvalue weighted by atomic mass is 16.5. The molecule has 0 saturated carbocycles. The normalized spacial score (nSPS) is 14.3. The zero-order chi connectivity index (χ0) is 21.5. The second kappa shape index (κ2) is 9.94. The Hall–Kier alpha value is -3.60. The summed E-state index contributed by atoms with van der Waals surface area (Å²) in [6.07, 6.45) is 6.55. The van der Waals surface area contributed by atoms with Gasteiger partial charge in [0.25, 0.3) is 11.5 Å². The predicted octanol–water partition coefficient (Wildman–Crippen LogP) is 4.44. The highest BCUT2D eigenvalue weighted by Gasteiger charge is 2.22. The lowest BCUT2D eigenvalue weighted by atomic mass is 10.1. The van der Waals surface area contributed by atoms with E-state index in [4.69, 9.17) is 4.74 Å². The number of nitrogens with zero attached hydrogens (tertiary/aromatic N) is 2. The van der Waals surface area contributed by atoms with Crippen molar-refractivity contribution in [1.82, 2.24) is 9.47 Å². The van der Waals surface area contributed by atoms with Crippen LogP contribution >= 0.6 is 0 Å². The first kappa shape index (κ1) is 20.7. The molecule has 5 heteroatoms. The molecule has 158 valence electrons. The highest BCUT2D eigenvalue weighted by molar-refractivity contribution is 6.18. The van der Waals surface area contributed by atoms with Gasteiger partial charge >= 0.3 is 0 Å². The molecule has 0 N–H and O–H groups in total. The van der Waals surface area contributed by atoms with Crippen molar-refractivity contribution in [1.29, 1.82) is 0 Å². The molecule has 1 aliphatic heterocycles. The third-order valence-corrected chi connectivity index (χ3v) is 5.38. The summed E-state index contributed by atoms with van der Waals surface area (Å²) in [5, 5.41) is 0. The molecule has 0 unspecified atom stereocenters. The fourth-order valence-corrected chi connectivity index (χ4v) is 3.68. The van der Waals surface area contributed by atoms with E-state index in [1.54, 1.807) is 24.4 Å². The van der Waals surface area contributed by atoms with Gasteiger partial charge in [0.05, 0.1) is 0 Å². The molecule has 1 saturated heterocycles. The van der Waals surface area contributed by atoms with Gasteiger partial charge in [0.1, 0.15) is 18.1 Å². The molecular formula is C26H26N2O3. The smallest absolute Gasteiger partial charge is 0.270 e. The summed E-state index contributed by atoms with van der Waals surface area (Å²) in [4.78, 5) is 27.5. The van der Waals surface area contributed by atoms with Crippen LogP contribution in [0.5, 0.6) is 5.75 Å². The van der Waals surface area contributed by atoms with Crippen LogP contribution in [0.3, 0.4) is 0 Å². The lowest BCUT2D eigenvalue weighted by Crippen LogP contribution is -2.38. The van der Waals surface area contributed by atoms with Crippen LogP contribution in [0.4, 0.5) is 0 Å². The molecule has 0 bridgehead atoms. The summed E-state index contributed by atoms with van der Waals surface area (Å²) < 4.78 is 7.27. The summed E-state index contributed by atoms with van der Waals surface area (Å²) >= 11 is 0. The summed E-state index contributed by atoms with van der Waals surface area (Å²) in [5.41, 5.74) is 2.08. The fourth-order valence-electron chi connectivity index (χ4n) is 3.68. The van der Waals surface area contributed by atoms with Gasteiger partial charge in [-0.15, -0.1) is 0 Å². The van der Waals surface area contributed by atoms with Gasteiger partial charge in [-0.2, -0.15) is 0 Å². The van der Waals surface area contributed by atoms with Crippen molar-refractivity contribution >= 4 is 17.7 Å². The van der Waals surface area contributed by atoms with Crippen LogP contribution in [0.2, 0.25) is 0 Å². The Morgan fingerprint density at radius 2 is 1.58 bits per heavy atom. The number of hydrogen-bond donors (Lipinski definition) is 0. The van der Waals surface area contributed by atoms with Crippen molar-refractivity contribution in [3.63, 3.8) is 0 Å². The van der Waals surface area contributed by atoms with E-state index in [1.807, 2.05) is 59.5 Å². The van der Waals surface area contributed by atoms with Crippen molar-refractivity contribution in [2.24, 2.45) is 0 Å². The van der Waals surface area contributed by atoms with Gasteiger partial charge in [0.2, 0.25) is 0 Å². The van der Waals surface area contributed by atoms with Crippen molar-refractivity contribution in [2.45, 2.75) is 25.9 Å². The summed E-state index contributed by atoms with van der Waals surface area (Å²) in [6, 6.07) is 22.5. The molecule has 2 aromatic carbocycles. The number of amides is 1. The third kappa shape index (κ3) is 5.31. The largest absolute Gasteiger partial charge is 0.489 e. The number of carbonyl (C=O) groups is 1. The number of piperidine rings is 1. The SMILES string of the molecule is O=C(/C(=C\c1ccc(OCc2ccccc2)cc1)n1ccccc1=O)N1CCCCC1. The van der Waals surface area contributed by atoms with E-state index in [9.17, 15) is 9.59 Å². The van der Waals surface area contributed by atoms with E-state index < -0.39 is 0 Å². The number of aromatic nitrogens is 1. The minimum atomic E-state index is -0.220. The number of benzene rings is 2. The molecule has 1 aliphatic rings. The van der Waals surface area contributed by atoms with Gasteiger partial charge in [-0.05, 0) is 54.7 Å². The zero-order valence-electron chi connectivity index (χ0n) is 17.4. The molecule has 4 rings (SSSR count). The topological polar surface area (TPSA) is 51.5 Å². The van der Waals surface area contributed by atoms with Crippen LogP contribution in [0.25, 0.3) is 11.8 Å². The molecule has 1 fully saturated rings. The highest BCUT2D eigenvalue weighted by Crippen LogP contribution is 2.20. The lowest BCUT2D eigenvalue weighted by molar-refractivity contribution is -0.126. The molecule has 1 aromatic heterocycles. The van der Waals surface area contributed by atoms with Crippen LogP contribution in [-0.4, -0.2) is 28.5 Å². The molecule has 5 nitrogen and oxygen atoms in total. The minimum absolute atomic E-state index is 0.114. The number of carbonyl (C=O) groups excluding carboxylic acids is 1. The maximum atomic E-state index is 13.3. The van der Waals surface area contributed by atoms with E-state index in [-0.39, 0.29) is 11.5 Å². The van der Waals surface area contributed by atoms with Gasteiger partial charge in [-0.3, -0.25) is 14.2 Å². The van der Waals surface area contributed by atoms with Crippen molar-refractivity contribution in [3.8, 4) is 5.75 Å². The third-order valence-electron chi connectivity index (χ3n) is 5.38. The van der Waals surface area contributed by atoms with Crippen LogP contribution in [0.15, 0.2) is 83.8 Å². The van der Waals surface area contributed by atoms with Crippen molar-refractivity contribution in [2.75, 3.05) is 13.1 Å². The summed E-state index contributed by atoms with van der Waals surface area (Å²) in [6.45, 7) is 1.95. The minimum Gasteiger partial charge on any atom is -0.489 e. The Kier molecular flexibility index (Phi) is 6.62. The molecule has 0 radical (unpaired) electrons. The first-order valence-electron chi connectivity index (χ1n) is 10.7. The predicted molar refractivity (Wildman–Crippen MR) is 123 cm³/mol. The van der Waals surface area contributed by atoms with Crippen molar-refractivity contribution in [3.05, 3.63) is 100 Å². The average Bonchev–Trinajstić information content (AvgIpc) is 2.83. The molecule has 0 spiro atoms. The van der Waals surface area contributed by atoms with Gasteiger partial charge in [-0.1, -0.05) is 48.5 Å². The maximum Gasteiger partial charge on any atom is 0.270 e. The van der Waals surface area contributed by atoms with Crippen LogP contribution in [0, 0.1) is 0 Å². The van der Waals surface area contributed by atoms with Gasteiger partial charge in [0, 0.05) is 25.4 Å². The molecule has 0 atom stereocenters. The van der Waals surface area contributed by atoms with E-state index >= 15 is 0 Å². The number of pyridine rings is 1. The molecule has 2 heterocycles. The number of ether oxygens (including phenoxy) is 1. The number of hydrogen-bond acceptors (Lipinski definition) is 3. The van der Waals surface area contributed by atoms with Crippen molar-refractivity contribution < 1.29 is 9.53 Å². The molecule has 1 amide bonds. The molecular weight excluding hydrogens is 388 g/mol. The van der Waals surface area contributed by atoms with Crippen LogP contribution in [0.1, 0.15) is 30.4 Å². The number of rotatable bonds is 6. The summed E-state index contributed by atoms with van der Waals surface area (Å²) in [7, 11) is 0. The second-order valence-corrected chi connectivity index (χ2v) is 7.63. The molecule has 31 heavy (non-hydrogen) atoms. The monoisotopic (exact) mass is 414 g/mol. The Morgan fingerprint density at radius 1 is 0.871 bits per heavy atom. The quantitative estimate of drug-likeness (QED) is 0.561. The Labute approximate surface area is 182 Å². The maximum absolute atomic E-state index is 13.3. The fraction of sp³-hybridized carbons (Fsp3) is 0.231. The van der Waals surface area contributed by atoms with Gasteiger partial charge in [0.15, 0.2) is 0 Å². The lowest BCUT2D eigenvalue weighted by Gasteiger charge is -2.28. The first-order valence-corrected chi connectivity index (χ1v) is 10.7. The Balaban J connectivity index is 1.57. The van der Waals surface area contributed by atoms with E-state index in [1.165, 1.54) is 10.6 Å². The molecule has 0 aliphatic carbocycles. The Bertz CT molecular complexity index is 1100. The van der Waals surface area contributed by atoms with Gasteiger partial charge in [-0.25, -0.2) is 0 Å².